The topological polar surface area (TPSA) is 59.8 Å². The molecule has 3 aromatic rings. The third-order valence-electron chi connectivity index (χ3n) is 4.65. The van der Waals surface area contributed by atoms with Gasteiger partial charge < -0.3 is 5.32 Å². The van der Waals surface area contributed by atoms with E-state index in [1.165, 1.54) is 18.6 Å². The average molecular weight is 435 g/mol. The standard InChI is InChI=1S/C23H23FN4O.C3H8/c1-4-18(23(29)27-20(5-2)21-9-7-8-14-25-21)19-15-26-28(22(19)6-3)17-12-10-16(24)11-13-17;1-3-2/h4,6-15,20H,3,5H2,1-2H3,(H,27,29);3H2,1-2H3/b18-4+;. The van der Waals surface area contributed by atoms with E-state index in [2.05, 4.69) is 35.8 Å². The van der Waals surface area contributed by atoms with Crippen LogP contribution in [0.5, 0.6) is 0 Å². The fraction of sp³-hybridized carbons (Fsp3) is 0.269. The number of nitrogens with zero attached hydrogens (tertiary/aromatic N) is 3. The number of halogens is 1. The number of rotatable bonds is 7. The van der Waals surface area contributed by atoms with E-state index in [-0.39, 0.29) is 17.8 Å². The third-order valence-corrected chi connectivity index (χ3v) is 4.65. The molecule has 168 valence electrons. The molecule has 0 spiro atoms. The zero-order chi connectivity index (χ0) is 23.5. The molecule has 5 nitrogen and oxygen atoms in total. The smallest absolute Gasteiger partial charge is 0.252 e. The summed E-state index contributed by atoms with van der Waals surface area (Å²) in [5.74, 6) is -0.540. The van der Waals surface area contributed by atoms with Crippen molar-refractivity contribution in [3.05, 3.63) is 90.3 Å². The number of hydrogen-bond acceptors (Lipinski definition) is 3. The second-order valence-corrected chi connectivity index (χ2v) is 7.13. The fourth-order valence-corrected chi connectivity index (χ4v) is 3.16. The summed E-state index contributed by atoms with van der Waals surface area (Å²) < 4.78 is 14.9. The van der Waals surface area contributed by atoms with E-state index in [1.807, 2.05) is 25.1 Å². The van der Waals surface area contributed by atoms with Gasteiger partial charge in [0.2, 0.25) is 0 Å². The summed E-state index contributed by atoms with van der Waals surface area (Å²) in [4.78, 5) is 17.4. The number of allylic oxidation sites excluding steroid dienone is 1. The van der Waals surface area contributed by atoms with Gasteiger partial charge in [-0.2, -0.15) is 5.10 Å². The number of carbonyl (C=O) groups is 1. The molecule has 0 radical (unpaired) electrons. The van der Waals surface area contributed by atoms with E-state index in [4.69, 9.17) is 0 Å². The molecule has 0 saturated carbocycles. The monoisotopic (exact) mass is 434 g/mol. The van der Waals surface area contributed by atoms with Crippen LogP contribution in [0.4, 0.5) is 4.39 Å². The quantitative estimate of drug-likeness (QED) is 0.455. The lowest BCUT2D eigenvalue weighted by molar-refractivity contribution is -0.116. The van der Waals surface area contributed by atoms with Crippen LogP contribution in [0.3, 0.4) is 0 Å². The highest BCUT2D eigenvalue weighted by molar-refractivity contribution is 6.20. The number of aromatic nitrogens is 3. The van der Waals surface area contributed by atoms with Crippen molar-refractivity contribution in [3.8, 4) is 5.69 Å². The molecule has 0 bridgehead atoms. The van der Waals surface area contributed by atoms with Crippen molar-refractivity contribution in [2.24, 2.45) is 0 Å². The maximum Gasteiger partial charge on any atom is 0.252 e. The molecule has 0 aliphatic rings. The van der Waals surface area contributed by atoms with Gasteiger partial charge in [0.15, 0.2) is 0 Å². The second kappa shape index (κ2) is 12.3. The molecule has 1 amide bonds. The summed E-state index contributed by atoms with van der Waals surface area (Å²) >= 11 is 0. The predicted molar refractivity (Wildman–Crippen MR) is 129 cm³/mol. The van der Waals surface area contributed by atoms with Gasteiger partial charge in [0, 0.05) is 17.3 Å². The van der Waals surface area contributed by atoms with Crippen LogP contribution in [0.15, 0.2) is 67.5 Å². The van der Waals surface area contributed by atoms with Crippen LogP contribution in [0.25, 0.3) is 17.3 Å². The number of nitrogens with one attached hydrogen (secondary N) is 1. The molecule has 0 aliphatic heterocycles. The molecule has 1 atom stereocenters. The van der Waals surface area contributed by atoms with E-state index in [9.17, 15) is 9.18 Å². The third kappa shape index (κ3) is 6.00. The lowest BCUT2D eigenvalue weighted by Crippen LogP contribution is -2.29. The zero-order valence-corrected chi connectivity index (χ0v) is 19.2. The molecule has 1 unspecified atom stereocenters. The van der Waals surface area contributed by atoms with E-state index in [0.29, 0.717) is 28.9 Å². The first kappa shape index (κ1) is 24.7. The first-order valence-corrected chi connectivity index (χ1v) is 10.8. The van der Waals surface area contributed by atoms with E-state index in [0.717, 1.165) is 5.69 Å². The molecular formula is C26H31FN4O. The Bertz CT molecular complexity index is 1040. The Morgan fingerprint density at radius 1 is 1.19 bits per heavy atom. The van der Waals surface area contributed by atoms with Crippen LogP contribution >= 0.6 is 0 Å². The van der Waals surface area contributed by atoms with Gasteiger partial charge in [0.05, 0.1) is 29.3 Å². The van der Waals surface area contributed by atoms with Gasteiger partial charge >= 0.3 is 0 Å². The average Bonchev–Trinajstić information content (AvgIpc) is 3.23. The van der Waals surface area contributed by atoms with Gasteiger partial charge in [-0.15, -0.1) is 0 Å². The molecular weight excluding hydrogens is 403 g/mol. The second-order valence-electron chi connectivity index (χ2n) is 7.13. The van der Waals surface area contributed by atoms with Gasteiger partial charge in [-0.25, -0.2) is 9.07 Å². The van der Waals surface area contributed by atoms with E-state index < -0.39 is 0 Å². The Labute approximate surface area is 189 Å². The van der Waals surface area contributed by atoms with Crippen LogP contribution in [0, 0.1) is 5.82 Å². The Hall–Kier alpha value is -3.54. The molecule has 0 fully saturated rings. The van der Waals surface area contributed by atoms with Crippen molar-refractivity contribution in [2.75, 3.05) is 0 Å². The molecule has 2 heterocycles. The number of carbonyl (C=O) groups excluding carboxylic acids is 1. The van der Waals surface area contributed by atoms with Crippen LogP contribution in [0.1, 0.15) is 63.5 Å². The minimum atomic E-state index is -0.324. The van der Waals surface area contributed by atoms with Crippen LogP contribution in [0.2, 0.25) is 0 Å². The molecule has 32 heavy (non-hydrogen) atoms. The summed E-state index contributed by atoms with van der Waals surface area (Å²) in [6.45, 7) is 11.9. The fourth-order valence-electron chi connectivity index (χ4n) is 3.16. The number of amides is 1. The Balaban J connectivity index is 0.00000114. The SMILES string of the molecule is C=Cc1c(/C(=C\C)C(=O)NC(CC)c2ccccn2)cnn1-c1ccc(F)cc1.CCC. The number of hydrogen-bond donors (Lipinski definition) is 1. The Morgan fingerprint density at radius 2 is 1.88 bits per heavy atom. The van der Waals surface area contributed by atoms with Crippen molar-refractivity contribution >= 4 is 17.6 Å². The van der Waals surface area contributed by atoms with Gasteiger partial charge in [0.25, 0.3) is 5.91 Å². The maximum atomic E-state index is 13.3. The Kier molecular flexibility index (Phi) is 9.54. The van der Waals surface area contributed by atoms with Crippen LogP contribution in [-0.4, -0.2) is 20.7 Å². The summed E-state index contributed by atoms with van der Waals surface area (Å²) in [5, 5.41) is 7.44. The van der Waals surface area contributed by atoms with Crippen LogP contribution < -0.4 is 5.32 Å². The van der Waals surface area contributed by atoms with Crippen molar-refractivity contribution in [1.29, 1.82) is 0 Å². The highest BCUT2D eigenvalue weighted by Gasteiger charge is 2.21. The molecule has 1 N–H and O–H groups in total. The summed E-state index contributed by atoms with van der Waals surface area (Å²) in [5.41, 5.74) is 3.29. The highest BCUT2D eigenvalue weighted by Crippen LogP contribution is 2.25. The van der Waals surface area contributed by atoms with E-state index >= 15 is 0 Å². The largest absolute Gasteiger partial charge is 0.344 e. The van der Waals surface area contributed by atoms with Crippen molar-refractivity contribution in [2.45, 2.75) is 46.6 Å². The van der Waals surface area contributed by atoms with Gasteiger partial charge in [-0.05, 0) is 55.8 Å². The molecule has 1 aromatic carbocycles. The summed E-state index contributed by atoms with van der Waals surface area (Å²) in [6, 6.07) is 11.4. The molecule has 6 heteroatoms. The summed E-state index contributed by atoms with van der Waals surface area (Å²) in [7, 11) is 0. The highest BCUT2D eigenvalue weighted by atomic mass is 19.1. The summed E-state index contributed by atoms with van der Waals surface area (Å²) in [6.07, 6.45) is 8.68. The molecule has 0 aliphatic carbocycles. The minimum absolute atomic E-state index is 0.196. The Morgan fingerprint density at radius 3 is 2.41 bits per heavy atom. The number of benzene rings is 1. The van der Waals surface area contributed by atoms with Crippen LogP contribution in [-0.2, 0) is 4.79 Å². The first-order chi connectivity index (χ1) is 15.5. The first-order valence-electron chi connectivity index (χ1n) is 10.8. The lowest BCUT2D eigenvalue weighted by atomic mass is 10.0. The number of pyridine rings is 1. The normalized spacial score (nSPS) is 11.8. The van der Waals surface area contributed by atoms with Crippen molar-refractivity contribution in [1.82, 2.24) is 20.1 Å². The van der Waals surface area contributed by atoms with Crippen molar-refractivity contribution in [3.63, 3.8) is 0 Å². The molecule has 3 rings (SSSR count). The van der Waals surface area contributed by atoms with Crippen molar-refractivity contribution < 1.29 is 9.18 Å². The van der Waals surface area contributed by atoms with Gasteiger partial charge in [0.1, 0.15) is 5.82 Å². The lowest BCUT2D eigenvalue weighted by Gasteiger charge is -2.17. The zero-order valence-electron chi connectivity index (χ0n) is 19.2. The minimum Gasteiger partial charge on any atom is -0.344 e. The molecule has 0 saturated heterocycles. The maximum absolute atomic E-state index is 13.3. The predicted octanol–water partition coefficient (Wildman–Crippen LogP) is 6.14. The van der Waals surface area contributed by atoms with Gasteiger partial charge in [-0.3, -0.25) is 9.78 Å². The van der Waals surface area contributed by atoms with Gasteiger partial charge in [-0.1, -0.05) is 45.9 Å². The van der Waals surface area contributed by atoms with E-state index in [1.54, 1.807) is 48.3 Å². The molecule has 2 aromatic heterocycles.